The molecule has 0 saturated carbocycles. The molecule has 0 spiro atoms. The predicted molar refractivity (Wildman–Crippen MR) is 103 cm³/mol. The molecule has 4 heteroatoms. The number of nitrogens with one attached hydrogen (secondary N) is 1. The van der Waals surface area contributed by atoms with Crippen LogP contribution in [0.4, 0.5) is 0 Å². The molecule has 0 amide bonds. The van der Waals surface area contributed by atoms with Gasteiger partial charge >= 0.3 is 0 Å². The van der Waals surface area contributed by atoms with Crippen LogP contribution < -0.4 is 14.8 Å². The van der Waals surface area contributed by atoms with Gasteiger partial charge in [-0.25, -0.2) is 0 Å². The molecule has 0 aliphatic heterocycles. The Kier molecular flexibility index (Phi) is 8.13. The highest BCUT2D eigenvalue weighted by Gasteiger charge is 2.13. The minimum Gasteiger partial charge on any atom is -0.493 e. The lowest BCUT2D eigenvalue weighted by Gasteiger charge is -2.16. The van der Waals surface area contributed by atoms with E-state index in [1.54, 1.807) is 7.11 Å². The lowest BCUT2D eigenvalue weighted by molar-refractivity contribution is 0.280. The van der Waals surface area contributed by atoms with E-state index >= 15 is 0 Å². The predicted octanol–water partition coefficient (Wildman–Crippen LogP) is 5.32. The van der Waals surface area contributed by atoms with Gasteiger partial charge in [-0.3, -0.25) is 0 Å². The van der Waals surface area contributed by atoms with E-state index in [0.29, 0.717) is 6.61 Å². The smallest absolute Gasteiger partial charge is 0.166 e. The lowest BCUT2D eigenvalue weighted by Crippen LogP contribution is -2.15. The number of hydrogen-bond acceptors (Lipinski definition) is 3. The monoisotopic (exact) mass is 391 g/mol. The van der Waals surface area contributed by atoms with E-state index in [-0.39, 0.29) is 0 Å². The molecule has 130 valence electrons. The zero-order valence-electron chi connectivity index (χ0n) is 14.5. The second-order valence-corrected chi connectivity index (χ2v) is 6.67. The van der Waals surface area contributed by atoms with Gasteiger partial charge in [0, 0.05) is 16.6 Å². The molecule has 0 atom stereocenters. The number of benzene rings is 2. The molecule has 2 aromatic rings. The maximum absolute atomic E-state index is 6.09. The molecule has 1 N–H and O–H groups in total. The number of halogens is 1. The number of methoxy groups -OCH3 is 1. The van der Waals surface area contributed by atoms with E-state index in [2.05, 4.69) is 46.4 Å². The van der Waals surface area contributed by atoms with Gasteiger partial charge in [0.1, 0.15) is 6.61 Å². The van der Waals surface area contributed by atoms with Crippen LogP contribution in [-0.2, 0) is 13.2 Å². The molecule has 0 heterocycles. The van der Waals surface area contributed by atoms with Crippen LogP contribution in [0.1, 0.15) is 37.3 Å². The summed E-state index contributed by atoms with van der Waals surface area (Å²) < 4.78 is 12.6. The maximum atomic E-state index is 6.09. The van der Waals surface area contributed by atoms with Crippen molar-refractivity contribution in [2.45, 2.75) is 39.3 Å². The Morgan fingerprint density at radius 3 is 2.58 bits per heavy atom. The highest BCUT2D eigenvalue weighted by Crippen LogP contribution is 2.35. The molecular weight excluding hydrogens is 366 g/mol. The highest BCUT2D eigenvalue weighted by atomic mass is 79.9. The number of unbranched alkanes of at least 4 members (excludes halogenated alkanes) is 2. The summed E-state index contributed by atoms with van der Waals surface area (Å²) in [5.41, 5.74) is 2.25. The molecule has 0 aliphatic rings. The van der Waals surface area contributed by atoms with Crippen molar-refractivity contribution in [1.82, 2.24) is 5.32 Å². The van der Waals surface area contributed by atoms with E-state index in [1.165, 1.54) is 19.3 Å². The van der Waals surface area contributed by atoms with Gasteiger partial charge in [0.15, 0.2) is 11.5 Å². The molecule has 3 nitrogen and oxygen atoms in total. The number of hydrogen-bond donors (Lipinski definition) is 1. The van der Waals surface area contributed by atoms with Crippen LogP contribution in [0, 0.1) is 0 Å². The van der Waals surface area contributed by atoms with E-state index in [9.17, 15) is 0 Å². The van der Waals surface area contributed by atoms with E-state index in [0.717, 1.165) is 40.2 Å². The molecule has 0 saturated heterocycles. The molecule has 2 rings (SSSR count). The first-order chi connectivity index (χ1) is 11.7. The third-order valence-corrected chi connectivity index (χ3v) is 4.27. The first-order valence-corrected chi connectivity index (χ1v) is 9.27. The summed E-state index contributed by atoms with van der Waals surface area (Å²) in [7, 11) is 1.68. The summed E-state index contributed by atoms with van der Waals surface area (Å²) in [6, 6.07) is 14.2. The Morgan fingerprint density at radius 2 is 1.88 bits per heavy atom. The fourth-order valence-corrected chi connectivity index (χ4v) is 3.01. The van der Waals surface area contributed by atoms with Crippen molar-refractivity contribution < 1.29 is 9.47 Å². The van der Waals surface area contributed by atoms with Crippen molar-refractivity contribution in [3.63, 3.8) is 0 Å². The minimum absolute atomic E-state index is 0.529. The molecule has 0 unspecified atom stereocenters. The molecule has 0 bridgehead atoms. The van der Waals surface area contributed by atoms with Crippen LogP contribution in [0.25, 0.3) is 0 Å². The summed E-state index contributed by atoms with van der Waals surface area (Å²) in [6.45, 7) is 4.53. The first kappa shape index (κ1) is 18.8. The van der Waals surface area contributed by atoms with Crippen LogP contribution >= 0.6 is 15.9 Å². The summed E-state index contributed by atoms with van der Waals surface area (Å²) in [4.78, 5) is 0. The fraction of sp³-hybridized carbons (Fsp3) is 0.400. The first-order valence-electron chi connectivity index (χ1n) is 8.48. The molecule has 0 radical (unpaired) electrons. The second-order valence-electron chi connectivity index (χ2n) is 5.75. The topological polar surface area (TPSA) is 30.5 Å². The third kappa shape index (κ3) is 5.84. The van der Waals surface area contributed by atoms with Crippen LogP contribution in [-0.4, -0.2) is 13.7 Å². The molecule has 24 heavy (non-hydrogen) atoms. The Bertz CT molecular complexity index is 617. The van der Waals surface area contributed by atoms with E-state index in [4.69, 9.17) is 9.47 Å². The van der Waals surface area contributed by atoms with E-state index in [1.807, 2.05) is 24.3 Å². The fourth-order valence-electron chi connectivity index (χ4n) is 2.52. The van der Waals surface area contributed by atoms with Gasteiger partial charge < -0.3 is 14.8 Å². The van der Waals surface area contributed by atoms with Crippen LogP contribution in [0.15, 0.2) is 46.9 Å². The molecule has 0 aliphatic carbocycles. The average Bonchev–Trinajstić information content (AvgIpc) is 2.61. The zero-order valence-corrected chi connectivity index (χ0v) is 16.1. The normalized spacial score (nSPS) is 10.6. The van der Waals surface area contributed by atoms with Gasteiger partial charge in [0.25, 0.3) is 0 Å². The molecule has 0 fully saturated rings. The van der Waals surface area contributed by atoms with E-state index < -0.39 is 0 Å². The Labute approximate surface area is 153 Å². The van der Waals surface area contributed by atoms with Gasteiger partial charge in [-0.1, -0.05) is 66.0 Å². The van der Waals surface area contributed by atoms with Crippen molar-refractivity contribution in [2.75, 3.05) is 13.7 Å². The molecule has 2 aromatic carbocycles. The van der Waals surface area contributed by atoms with Gasteiger partial charge in [-0.05, 0) is 30.7 Å². The van der Waals surface area contributed by atoms with Crippen molar-refractivity contribution in [2.24, 2.45) is 0 Å². The maximum Gasteiger partial charge on any atom is 0.166 e. The van der Waals surface area contributed by atoms with Crippen LogP contribution in [0.5, 0.6) is 11.5 Å². The molecule has 0 aromatic heterocycles. The van der Waals surface area contributed by atoms with Crippen molar-refractivity contribution >= 4 is 15.9 Å². The van der Waals surface area contributed by atoms with Gasteiger partial charge in [0.2, 0.25) is 0 Å². The molecular formula is C20H26BrNO2. The summed E-state index contributed by atoms with van der Waals surface area (Å²) in [6.07, 6.45) is 3.69. The Morgan fingerprint density at radius 1 is 1.08 bits per heavy atom. The summed E-state index contributed by atoms with van der Waals surface area (Å²) >= 11 is 3.55. The lowest BCUT2D eigenvalue weighted by atomic mass is 10.1. The quantitative estimate of drug-likeness (QED) is 0.556. The zero-order chi connectivity index (χ0) is 17.2. The van der Waals surface area contributed by atoms with Crippen LogP contribution in [0.2, 0.25) is 0 Å². The van der Waals surface area contributed by atoms with Crippen molar-refractivity contribution in [1.29, 1.82) is 0 Å². The standard InChI is InChI=1S/C20H26BrNO2/c1-3-4-8-11-22-14-17-12-18(21)13-19(23-2)20(17)24-15-16-9-6-5-7-10-16/h5-7,9-10,12-13,22H,3-4,8,11,14-15H2,1-2H3. The third-order valence-electron chi connectivity index (χ3n) is 3.82. The van der Waals surface area contributed by atoms with Crippen molar-refractivity contribution in [3.05, 3.63) is 58.1 Å². The largest absolute Gasteiger partial charge is 0.493 e. The number of ether oxygens (including phenoxy) is 2. The van der Waals surface area contributed by atoms with Crippen molar-refractivity contribution in [3.8, 4) is 11.5 Å². The van der Waals surface area contributed by atoms with Crippen LogP contribution in [0.3, 0.4) is 0 Å². The Hall–Kier alpha value is -1.52. The van der Waals surface area contributed by atoms with Gasteiger partial charge in [-0.15, -0.1) is 0 Å². The Balaban J connectivity index is 2.08. The van der Waals surface area contributed by atoms with Gasteiger partial charge in [-0.2, -0.15) is 0 Å². The summed E-state index contributed by atoms with van der Waals surface area (Å²) in [5, 5.41) is 3.50. The minimum atomic E-state index is 0.529. The SMILES string of the molecule is CCCCCNCc1cc(Br)cc(OC)c1OCc1ccccc1. The van der Waals surface area contributed by atoms with Gasteiger partial charge in [0.05, 0.1) is 7.11 Å². The second kappa shape index (κ2) is 10.4. The highest BCUT2D eigenvalue weighted by molar-refractivity contribution is 9.10. The summed E-state index contributed by atoms with van der Waals surface area (Å²) in [5.74, 6) is 1.57. The number of rotatable bonds is 10. The average molecular weight is 392 g/mol.